The van der Waals surface area contributed by atoms with E-state index in [4.69, 9.17) is 11.6 Å². The molecule has 150 valence electrons. The second-order valence-corrected chi connectivity index (χ2v) is 8.06. The van der Waals surface area contributed by atoms with Crippen LogP contribution in [-0.2, 0) is 16.8 Å². The molecule has 1 aromatic heterocycles. The molecular weight excluding hydrogens is 376 g/mol. The summed E-state index contributed by atoms with van der Waals surface area (Å²) in [6.45, 7) is 0.262. The Hall–Kier alpha value is -2.41. The van der Waals surface area contributed by atoms with Crippen LogP contribution >= 0.6 is 11.6 Å². The number of benzene rings is 1. The zero-order valence-electron chi connectivity index (χ0n) is 16.9. The largest absolute Gasteiger partial charge is 0.348 e. The molecule has 0 atom stereocenters. The van der Waals surface area contributed by atoms with Gasteiger partial charge in [-0.3, -0.25) is 4.79 Å². The number of hydrogen-bond donors (Lipinski definition) is 1. The number of halogens is 1. The fourth-order valence-corrected chi connectivity index (χ4v) is 3.72. The van der Waals surface area contributed by atoms with Gasteiger partial charge in [-0.2, -0.15) is 15.0 Å². The zero-order valence-corrected chi connectivity index (χ0v) is 17.6. The van der Waals surface area contributed by atoms with Crippen LogP contribution in [-0.4, -0.2) is 49.0 Å². The van der Waals surface area contributed by atoms with Crippen molar-refractivity contribution in [1.82, 2.24) is 20.3 Å². The normalized spacial score (nSPS) is 15.3. The summed E-state index contributed by atoms with van der Waals surface area (Å²) < 4.78 is 0. The van der Waals surface area contributed by atoms with Crippen LogP contribution in [0.3, 0.4) is 0 Å². The molecule has 1 N–H and O–H groups in total. The summed E-state index contributed by atoms with van der Waals surface area (Å²) in [6, 6.07) is 7.63. The third-order valence-electron chi connectivity index (χ3n) is 5.15. The van der Waals surface area contributed by atoms with Crippen molar-refractivity contribution in [3.63, 3.8) is 0 Å². The molecular formula is C20H27ClN6O. The van der Waals surface area contributed by atoms with E-state index in [0.717, 1.165) is 31.2 Å². The lowest BCUT2D eigenvalue weighted by Gasteiger charge is -2.28. The van der Waals surface area contributed by atoms with Crippen LogP contribution in [0.25, 0.3) is 0 Å². The molecule has 0 saturated heterocycles. The Morgan fingerprint density at radius 3 is 2.04 bits per heavy atom. The number of carbonyl (C=O) groups is 1. The van der Waals surface area contributed by atoms with Gasteiger partial charge in [-0.25, -0.2) is 0 Å². The monoisotopic (exact) mass is 402 g/mol. The molecule has 8 heteroatoms. The topological polar surface area (TPSA) is 74.2 Å². The van der Waals surface area contributed by atoms with E-state index in [1.54, 1.807) is 0 Å². The van der Waals surface area contributed by atoms with Crippen molar-refractivity contribution < 1.29 is 4.79 Å². The van der Waals surface area contributed by atoms with Crippen molar-refractivity contribution in [3.05, 3.63) is 40.7 Å². The van der Waals surface area contributed by atoms with Crippen LogP contribution < -0.4 is 15.1 Å². The number of hydrogen-bond acceptors (Lipinski definition) is 6. The van der Waals surface area contributed by atoms with E-state index in [1.165, 1.54) is 0 Å². The fraction of sp³-hybridized carbons (Fsp3) is 0.500. The van der Waals surface area contributed by atoms with Gasteiger partial charge >= 0.3 is 0 Å². The Morgan fingerprint density at radius 1 is 1.00 bits per heavy atom. The number of nitrogens with zero attached hydrogens (tertiary/aromatic N) is 5. The third kappa shape index (κ3) is 4.19. The first kappa shape index (κ1) is 20.3. The summed E-state index contributed by atoms with van der Waals surface area (Å²) in [4.78, 5) is 30.2. The van der Waals surface area contributed by atoms with Gasteiger partial charge in [-0.05, 0) is 30.5 Å². The molecule has 0 bridgehead atoms. The van der Waals surface area contributed by atoms with Gasteiger partial charge in [0.2, 0.25) is 17.8 Å². The highest BCUT2D eigenvalue weighted by molar-refractivity contribution is 6.30. The maximum Gasteiger partial charge on any atom is 0.231 e. The van der Waals surface area contributed by atoms with E-state index in [1.807, 2.05) is 62.3 Å². The minimum atomic E-state index is -0.508. The lowest BCUT2D eigenvalue weighted by molar-refractivity contribution is -0.126. The standard InChI is InChI=1S/C20H27ClN6O/c1-26(2)18-23-16(24-19(25-18)27(3)4)13-22-17(28)20(11-5-6-12-20)14-7-9-15(21)10-8-14/h7-10H,5-6,11-13H2,1-4H3,(H,22,28). The maximum atomic E-state index is 13.2. The highest BCUT2D eigenvalue weighted by Crippen LogP contribution is 2.41. The second-order valence-electron chi connectivity index (χ2n) is 7.62. The molecule has 1 aliphatic rings. The summed E-state index contributed by atoms with van der Waals surface area (Å²) in [5.41, 5.74) is 0.511. The summed E-state index contributed by atoms with van der Waals surface area (Å²) >= 11 is 6.03. The number of amides is 1. The van der Waals surface area contributed by atoms with Crippen LogP contribution in [0.2, 0.25) is 5.02 Å². The van der Waals surface area contributed by atoms with Gasteiger partial charge in [0, 0.05) is 33.2 Å². The van der Waals surface area contributed by atoms with Crippen LogP contribution in [0.1, 0.15) is 37.1 Å². The Morgan fingerprint density at radius 2 is 1.54 bits per heavy atom. The van der Waals surface area contributed by atoms with Gasteiger partial charge in [-0.15, -0.1) is 0 Å². The van der Waals surface area contributed by atoms with E-state index >= 15 is 0 Å². The number of nitrogens with one attached hydrogen (secondary N) is 1. The molecule has 0 spiro atoms. The Balaban J connectivity index is 1.81. The Kier molecular flexibility index (Phi) is 6.03. The fourth-order valence-electron chi connectivity index (χ4n) is 3.60. The molecule has 1 aliphatic carbocycles. The molecule has 7 nitrogen and oxygen atoms in total. The summed E-state index contributed by atoms with van der Waals surface area (Å²) in [5, 5.41) is 3.74. The first-order valence-electron chi connectivity index (χ1n) is 9.46. The van der Waals surface area contributed by atoms with Crippen molar-refractivity contribution in [3.8, 4) is 0 Å². The average molecular weight is 403 g/mol. The average Bonchev–Trinajstić information content (AvgIpc) is 3.17. The van der Waals surface area contributed by atoms with Crippen LogP contribution in [0, 0.1) is 0 Å². The van der Waals surface area contributed by atoms with Crippen molar-refractivity contribution >= 4 is 29.4 Å². The molecule has 1 fully saturated rings. The molecule has 2 aromatic rings. The molecule has 1 aromatic carbocycles. The van der Waals surface area contributed by atoms with Crippen LogP contribution in [0.5, 0.6) is 0 Å². The van der Waals surface area contributed by atoms with E-state index in [0.29, 0.717) is 22.7 Å². The number of anilines is 2. The van der Waals surface area contributed by atoms with Gasteiger partial charge < -0.3 is 15.1 Å². The quantitative estimate of drug-likeness (QED) is 0.800. The lowest BCUT2D eigenvalue weighted by atomic mass is 9.78. The van der Waals surface area contributed by atoms with Crippen molar-refractivity contribution in [2.75, 3.05) is 38.0 Å². The molecule has 1 saturated carbocycles. The number of rotatable bonds is 6. The molecule has 0 unspecified atom stereocenters. The minimum Gasteiger partial charge on any atom is -0.348 e. The molecule has 3 rings (SSSR count). The zero-order chi connectivity index (χ0) is 20.3. The first-order valence-corrected chi connectivity index (χ1v) is 9.83. The minimum absolute atomic E-state index is 0.0190. The van der Waals surface area contributed by atoms with E-state index in [9.17, 15) is 4.79 Å². The van der Waals surface area contributed by atoms with Gasteiger partial charge in [0.25, 0.3) is 0 Å². The Bertz CT molecular complexity index is 805. The molecule has 1 heterocycles. The first-order chi connectivity index (χ1) is 13.3. The number of carbonyl (C=O) groups excluding carboxylic acids is 1. The summed E-state index contributed by atoms with van der Waals surface area (Å²) in [6.07, 6.45) is 3.75. The maximum absolute atomic E-state index is 13.2. The predicted molar refractivity (Wildman–Crippen MR) is 112 cm³/mol. The van der Waals surface area contributed by atoms with E-state index in [2.05, 4.69) is 20.3 Å². The van der Waals surface area contributed by atoms with Gasteiger partial charge in [0.05, 0.1) is 12.0 Å². The smallest absolute Gasteiger partial charge is 0.231 e. The van der Waals surface area contributed by atoms with Gasteiger partial charge in [0.1, 0.15) is 0 Å². The molecule has 0 aliphatic heterocycles. The van der Waals surface area contributed by atoms with Crippen molar-refractivity contribution in [2.45, 2.75) is 37.6 Å². The van der Waals surface area contributed by atoms with E-state index < -0.39 is 5.41 Å². The summed E-state index contributed by atoms with van der Waals surface area (Å²) in [5.74, 6) is 1.69. The lowest BCUT2D eigenvalue weighted by Crippen LogP contribution is -2.42. The van der Waals surface area contributed by atoms with Crippen LogP contribution in [0.15, 0.2) is 24.3 Å². The highest BCUT2D eigenvalue weighted by atomic mass is 35.5. The third-order valence-corrected chi connectivity index (χ3v) is 5.41. The van der Waals surface area contributed by atoms with Crippen molar-refractivity contribution in [2.24, 2.45) is 0 Å². The highest BCUT2D eigenvalue weighted by Gasteiger charge is 2.42. The molecule has 28 heavy (non-hydrogen) atoms. The molecule has 1 amide bonds. The molecule has 0 radical (unpaired) electrons. The van der Waals surface area contributed by atoms with Crippen LogP contribution in [0.4, 0.5) is 11.9 Å². The summed E-state index contributed by atoms with van der Waals surface area (Å²) in [7, 11) is 7.52. The second kappa shape index (κ2) is 8.31. The Labute approximate surface area is 171 Å². The SMILES string of the molecule is CN(C)c1nc(CNC(=O)C2(c3ccc(Cl)cc3)CCCC2)nc(N(C)C)n1. The van der Waals surface area contributed by atoms with Gasteiger partial charge in [-0.1, -0.05) is 36.6 Å². The van der Waals surface area contributed by atoms with E-state index in [-0.39, 0.29) is 12.5 Å². The predicted octanol–water partition coefficient (Wildman–Crippen LogP) is 2.79. The number of aromatic nitrogens is 3. The van der Waals surface area contributed by atoms with Gasteiger partial charge in [0.15, 0.2) is 5.82 Å². The van der Waals surface area contributed by atoms with Crippen molar-refractivity contribution in [1.29, 1.82) is 0 Å².